The summed E-state index contributed by atoms with van der Waals surface area (Å²) in [5.41, 5.74) is 0.806. The van der Waals surface area contributed by atoms with Gasteiger partial charge in [0, 0.05) is 24.8 Å². The molecule has 0 saturated heterocycles. The van der Waals surface area contributed by atoms with Crippen LogP contribution in [-0.4, -0.2) is 11.8 Å². The summed E-state index contributed by atoms with van der Waals surface area (Å²) in [6, 6.07) is 9.92. The molecule has 1 unspecified atom stereocenters. The molecule has 0 bridgehead atoms. The summed E-state index contributed by atoms with van der Waals surface area (Å²) in [5.74, 6) is 0.166. The first-order chi connectivity index (χ1) is 9.94. The molecule has 0 radical (unpaired) electrons. The van der Waals surface area contributed by atoms with Crippen molar-refractivity contribution >= 4 is 11.8 Å². The fourth-order valence-corrected chi connectivity index (χ4v) is 2.97. The Morgan fingerprint density at radius 3 is 2.57 bits per heavy atom. The molecule has 112 valence electrons. The molecule has 0 aliphatic heterocycles. The normalized spacial score (nSPS) is 20.8. The van der Waals surface area contributed by atoms with Gasteiger partial charge in [-0.2, -0.15) is 0 Å². The maximum atomic E-state index is 11.9. The van der Waals surface area contributed by atoms with Crippen molar-refractivity contribution in [3.8, 4) is 0 Å². The average molecular weight is 286 g/mol. The van der Waals surface area contributed by atoms with Crippen LogP contribution < -0.4 is 0 Å². The van der Waals surface area contributed by atoms with E-state index in [0.717, 1.165) is 12.0 Å². The smallest absolute Gasteiger partial charge is 0.310 e. The Morgan fingerprint density at radius 2 is 1.95 bits per heavy atom. The van der Waals surface area contributed by atoms with Crippen LogP contribution in [0.5, 0.6) is 0 Å². The second-order valence-electron chi connectivity index (χ2n) is 6.25. The molecule has 0 saturated carbocycles. The number of esters is 1. The Balaban J connectivity index is 2.37. The summed E-state index contributed by atoms with van der Waals surface area (Å²) >= 11 is 0. The van der Waals surface area contributed by atoms with E-state index in [0.29, 0.717) is 18.6 Å². The van der Waals surface area contributed by atoms with E-state index in [-0.39, 0.29) is 23.1 Å². The van der Waals surface area contributed by atoms with E-state index in [4.69, 9.17) is 4.74 Å². The number of carbonyl (C=O) groups excluding carboxylic acids is 2. The van der Waals surface area contributed by atoms with Gasteiger partial charge in [0.15, 0.2) is 5.78 Å². The first-order valence-corrected chi connectivity index (χ1v) is 7.44. The van der Waals surface area contributed by atoms with Crippen LogP contribution in [0, 0.1) is 5.41 Å². The lowest BCUT2D eigenvalue weighted by atomic mass is 9.68. The van der Waals surface area contributed by atoms with E-state index in [1.807, 2.05) is 51.1 Å². The zero-order chi connectivity index (χ0) is 15.5. The maximum absolute atomic E-state index is 11.9. The molecular formula is C18H22O3. The van der Waals surface area contributed by atoms with Gasteiger partial charge in [0.2, 0.25) is 0 Å². The summed E-state index contributed by atoms with van der Waals surface area (Å²) in [7, 11) is 0. The number of hydrogen-bond donors (Lipinski definition) is 0. The summed E-state index contributed by atoms with van der Waals surface area (Å²) in [4.78, 5) is 23.8. The number of benzene rings is 1. The lowest BCUT2D eigenvalue weighted by Gasteiger charge is -2.37. The van der Waals surface area contributed by atoms with Crippen molar-refractivity contribution in [2.45, 2.75) is 46.0 Å². The van der Waals surface area contributed by atoms with E-state index in [9.17, 15) is 9.59 Å². The number of carbonyl (C=O) groups is 2. The SMILES string of the molecule is CCCC(=O)OC1=CC(=O)CC(C)(C)C1c1ccccc1. The number of ether oxygens (including phenoxy) is 1. The van der Waals surface area contributed by atoms with Gasteiger partial charge < -0.3 is 4.74 Å². The molecule has 0 N–H and O–H groups in total. The molecule has 3 nitrogen and oxygen atoms in total. The summed E-state index contributed by atoms with van der Waals surface area (Å²) < 4.78 is 5.51. The minimum absolute atomic E-state index is 0.0199. The van der Waals surface area contributed by atoms with Crippen LogP contribution >= 0.6 is 0 Å². The monoisotopic (exact) mass is 286 g/mol. The van der Waals surface area contributed by atoms with Gasteiger partial charge in [-0.15, -0.1) is 0 Å². The number of hydrogen-bond acceptors (Lipinski definition) is 3. The van der Waals surface area contributed by atoms with Gasteiger partial charge in [-0.05, 0) is 17.4 Å². The zero-order valence-corrected chi connectivity index (χ0v) is 12.9. The fourth-order valence-electron chi connectivity index (χ4n) is 2.97. The molecule has 0 heterocycles. The van der Waals surface area contributed by atoms with Gasteiger partial charge in [0.25, 0.3) is 0 Å². The van der Waals surface area contributed by atoms with Crippen LogP contribution in [0.15, 0.2) is 42.2 Å². The van der Waals surface area contributed by atoms with Gasteiger partial charge in [0.05, 0.1) is 0 Å². The summed E-state index contributed by atoms with van der Waals surface area (Å²) in [6.07, 6.45) is 3.06. The molecule has 1 aliphatic rings. The van der Waals surface area contributed by atoms with Crippen LogP contribution in [0.3, 0.4) is 0 Å². The summed E-state index contributed by atoms with van der Waals surface area (Å²) in [6.45, 7) is 6.02. The van der Waals surface area contributed by atoms with E-state index in [1.54, 1.807) is 0 Å². The Morgan fingerprint density at radius 1 is 1.29 bits per heavy atom. The predicted octanol–water partition coefficient (Wildman–Crippen LogP) is 4.00. The summed E-state index contributed by atoms with van der Waals surface area (Å²) in [5, 5.41) is 0. The quantitative estimate of drug-likeness (QED) is 0.786. The molecule has 0 aromatic heterocycles. The average Bonchev–Trinajstić information content (AvgIpc) is 2.38. The highest BCUT2D eigenvalue weighted by atomic mass is 16.5. The predicted molar refractivity (Wildman–Crippen MR) is 81.7 cm³/mol. The van der Waals surface area contributed by atoms with E-state index >= 15 is 0 Å². The highest BCUT2D eigenvalue weighted by Gasteiger charge is 2.40. The lowest BCUT2D eigenvalue weighted by Crippen LogP contribution is -2.32. The molecule has 1 aliphatic carbocycles. The van der Waals surface area contributed by atoms with Crippen LogP contribution in [0.2, 0.25) is 0 Å². The van der Waals surface area contributed by atoms with Crippen LogP contribution in [-0.2, 0) is 14.3 Å². The molecule has 1 aromatic carbocycles. The molecule has 0 spiro atoms. The second kappa shape index (κ2) is 6.25. The highest BCUT2D eigenvalue weighted by molar-refractivity contribution is 5.92. The van der Waals surface area contributed by atoms with Crippen molar-refractivity contribution in [3.63, 3.8) is 0 Å². The van der Waals surface area contributed by atoms with Gasteiger partial charge in [0.1, 0.15) is 5.76 Å². The van der Waals surface area contributed by atoms with Gasteiger partial charge >= 0.3 is 5.97 Å². The molecular weight excluding hydrogens is 264 g/mol. The Bertz CT molecular complexity index is 555. The Labute approximate surface area is 126 Å². The number of ketones is 1. The standard InChI is InChI=1S/C18H22O3/c1-4-8-16(20)21-15-11-14(19)12-18(2,3)17(15)13-9-6-5-7-10-13/h5-7,9-11,17H,4,8,12H2,1-3H3. The molecule has 21 heavy (non-hydrogen) atoms. The third kappa shape index (κ3) is 3.60. The largest absolute Gasteiger partial charge is 0.430 e. The van der Waals surface area contributed by atoms with Crippen molar-refractivity contribution in [1.29, 1.82) is 0 Å². The first kappa shape index (κ1) is 15.5. The van der Waals surface area contributed by atoms with Crippen molar-refractivity contribution in [1.82, 2.24) is 0 Å². The molecule has 1 aromatic rings. The molecule has 2 rings (SSSR count). The van der Waals surface area contributed by atoms with E-state index in [2.05, 4.69) is 0 Å². The van der Waals surface area contributed by atoms with Crippen molar-refractivity contribution in [2.75, 3.05) is 0 Å². The first-order valence-electron chi connectivity index (χ1n) is 7.44. The van der Waals surface area contributed by atoms with Crippen molar-refractivity contribution in [3.05, 3.63) is 47.7 Å². The minimum atomic E-state index is -0.269. The van der Waals surface area contributed by atoms with Crippen molar-refractivity contribution < 1.29 is 14.3 Å². The van der Waals surface area contributed by atoms with Crippen molar-refractivity contribution in [2.24, 2.45) is 5.41 Å². The Kier molecular flexibility index (Phi) is 4.61. The Hall–Kier alpha value is -1.90. The third-order valence-electron chi connectivity index (χ3n) is 3.82. The van der Waals surface area contributed by atoms with Crippen LogP contribution in [0.4, 0.5) is 0 Å². The van der Waals surface area contributed by atoms with Gasteiger partial charge in [-0.3, -0.25) is 9.59 Å². The molecule has 0 amide bonds. The van der Waals surface area contributed by atoms with E-state index < -0.39 is 0 Å². The number of rotatable bonds is 4. The highest BCUT2D eigenvalue weighted by Crippen LogP contribution is 2.46. The maximum Gasteiger partial charge on any atom is 0.310 e. The fraction of sp³-hybridized carbons (Fsp3) is 0.444. The minimum Gasteiger partial charge on any atom is -0.430 e. The molecule has 1 atom stereocenters. The van der Waals surface area contributed by atoms with Gasteiger partial charge in [-0.25, -0.2) is 0 Å². The zero-order valence-electron chi connectivity index (χ0n) is 12.9. The van der Waals surface area contributed by atoms with E-state index in [1.165, 1.54) is 6.08 Å². The molecule has 0 fully saturated rings. The molecule has 3 heteroatoms. The number of allylic oxidation sites excluding steroid dienone is 2. The lowest BCUT2D eigenvalue weighted by molar-refractivity contribution is -0.140. The van der Waals surface area contributed by atoms with Crippen LogP contribution in [0.1, 0.15) is 51.5 Å². The third-order valence-corrected chi connectivity index (χ3v) is 3.82. The van der Waals surface area contributed by atoms with Crippen LogP contribution in [0.25, 0.3) is 0 Å². The topological polar surface area (TPSA) is 43.4 Å². The van der Waals surface area contributed by atoms with Gasteiger partial charge in [-0.1, -0.05) is 51.1 Å². The second-order valence-corrected chi connectivity index (χ2v) is 6.25.